The Labute approximate surface area is 89.4 Å². The number of aryl methyl sites for hydroxylation is 1. The highest BCUT2D eigenvalue weighted by Crippen LogP contribution is 2.16. The lowest BCUT2D eigenvalue weighted by atomic mass is 10.1. The summed E-state index contributed by atoms with van der Waals surface area (Å²) in [5.74, 6) is 0.0867. The molecule has 2 rings (SSSR count). The standard InChI is InChI=1S/C12H15NO2/c1-9-3-2-4-11(7-9)13-12(14)10-5-6-15-8-10/h2-4,7,10H,5-6,8H2,1H3,(H,13,14). The third kappa shape index (κ3) is 2.57. The Bertz CT molecular complexity index is 356. The van der Waals surface area contributed by atoms with Crippen LogP contribution < -0.4 is 5.32 Å². The van der Waals surface area contributed by atoms with E-state index in [1.165, 1.54) is 0 Å². The molecule has 1 unspecified atom stereocenters. The van der Waals surface area contributed by atoms with Crippen molar-refractivity contribution in [1.82, 2.24) is 0 Å². The van der Waals surface area contributed by atoms with Gasteiger partial charge >= 0.3 is 0 Å². The summed E-state index contributed by atoms with van der Waals surface area (Å²) in [6, 6.07) is 7.82. The van der Waals surface area contributed by atoms with Crippen LogP contribution in [0.5, 0.6) is 0 Å². The van der Waals surface area contributed by atoms with Crippen LogP contribution in [0.3, 0.4) is 0 Å². The number of hydrogen-bond donors (Lipinski definition) is 1. The van der Waals surface area contributed by atoms with E-state index in [4.69, 9.17) is 4.74 Å². The molecular formula is C12H15NO2. The van der Waals surface area contributed by atoms with Crippen LogP contribution in [0.1, 0.15) is 12.0 Å². The fraction of sp³-hybridized carbons (Fsp3) is 0.417. The first kappa shape index (κ1) is 10.2. The molecule has 0 aromatic heterocycles. The number of nitrogens with one attached hydrogen (secondary N) is 1. The van der Waals surface area contributed by atoms with Crippen molar-refractivity contribution in [2.75, 3.05) is 18.5 Å². The zero-order valence-corrected chi connectivity index (χ0v) is 8.82. The highest BCUT2D eigenvalue weighted by atomic mass is 16.5. The summed E-state index contributed by atoms with van der Waals surface area (Å²) in [7, 11) is 0. The SMILES string of the molecule is Cc1cccc(NC(=O)C2CCOC2)c1. The summed E-state index contributed by atoms with van der Waals surface area (Å²) in [6.45, 7) is 3.26. The molecule has 1 fully saturated rings. The lowest BCUT2D eigenvalue weighted by molar-refractivity contribution is -0.119. The maximum atomic E-state index is 11.7. The summed E-state index contributed by atoms with van der Waals surface area (Å²) >= 11 is 0. The highest BCUT2D eigenvalue weighted by Gasteiger charge is 2.23. The minimum Gasteiger partial charge on any atom is -0.381 e. The van der Waals surface area contributed by atoms with E-state index in [1.54, 1.807) is 0 Å². The van der Waals surface area contributed by atoms with Crippen LogP contribution >= 0.6 is 0 Å². The second kappa shape index (κ2) is 4.45. The molecule has 1 aromatic rings. The normalized spacial score (nSPS) is 20.2. The first-order valence-electron chi connectivity index (χ1n) is 5.21. The van der Waals surface area contributed by atoms with Crippen molar-refractivity contribution in [1.29, 1.82) is 0 Å². The van der Waals surface area contributed by atoms with Crippen LogP contribution in [0, 0.1) is 12.8 Å². The number of amides is 1. The molecule has 0 spiro atoms. The second-order valence-corrected chi connectivity index (χ2v) is 3.92. The largest absolute Gasteiger partial charge is 0.381 e. The quantitative estimate of drug-likeness (QED) is 0.801. The molecule has 80 valence electrons. The van der Waals surface area contributed by atoms with Gasteiger partial charge in [-0.1, -0.05) is 12.1 Å². The predicted molar refractivity (Wildman–Crippen MR) is 58.7 cm³/mol. The number of carbonyl (C=O) groups excluding carboxylic acids is 1. The molecule has 1 amide bonds. The van der Waals surface area contributed by atoms with Crippen LogP contribution in [0.25, 0.3) is 0 Å². The molecule has 1 N–H and O–H groups in total. The van der Waals surface area contributed by atoms with E-state index in [0.29, 0.717) is 13.2 Å². The molecule has 0 radical (unpaired) electrons. The second-order valence-electron chi connectivity index (χ2n) is 3.92. The summed E-state index contributed by atoms with van der Waals surface area (Å²) in [5, 5.41) is 2.91. The lowest BCUT2D eigenvalue weighted by Gasteiger charge is -2.09. The average molecular weight is 205 g/mol. The van der Waals surface area contributed by atoms with Crippen LogP contribution in [0.15, 0.2) is 24.3 Å². The average Bonchev–Trinajstić information content (AvgIpc) is 2.70. The Balaban J connectivity index is 1.99. The number of anilines is 1. The van der Waals surface area contributed by atoms with Gasteiger partial charge in [-0.2, -0.15) is 0 Å². The van der Waals surface area contributed by atoms with Gasteiger partial charge in [-0.15, -0.1) is 0 Å². The molecule has 0 saturated carbocycles. The van der Waals surface area contributed by atoms with Crippen molar-refractivity contribution >= 4 is 11.6 Å². The smallest absolute Gasteiger partial charge is 0.229 e. The van der Waals surface area contributed by atoms with E-state index in [9.17, 15) is 4.79 Å². The fourth-order valence-electron chi connectivity index (χ4n) is 1.71. The molecule has 1 aliphatic rings. The van der Waals surface area contributed by atoms with E-state index in [0.717, 1.165) is 17.7 Å². The van der Waals surface area contributed by atoms with Crippen molar-refractivity contribution < 1.29 is 9.53 Å². The molecular weight excluding hydrogens is 190 g/mol. The molecule has 3 heteroatoms. The minimum atomic E-state index is 0.0190. The zero-order chi connectivity index (χ0) is 10.7. The number of ether oxygens (including phenoxy) is 1. The van der Waals surface area contributed by atoms with Crippen LogP contribution in [-0.4, -0.2) is 19.1 Å². The number of carbonyl (C=O) groups is 1. The summed E-state index contributed by atoms with van der Waals surface area (Å²) < 4.78 is 5.18. The predicted octanol–water partition coefficient (Wildman–Crippen LogP) is 1.97. The molecule has 1 aromatic carbocycles. The molecule has 0 bridgehead atoms. The van der Waals surface area contributed by atoms with Crippen molar-refractivity contribution in [3.8, 4) is 0 Å². The summed E-state index contributed by atoms with van der Waals surface area (Å²) in [5.41, 5.74) is 2.02. The molecule has 1 heterocycles. The first-order valence-corrected chi connectivity index (χ1v) is 5.21. The summed E-state index contributed by atoms with van der Waals surface area (Å²) in [6.07, 6.45) is 0.831. The van der Waals surface area contributed by atoms with Gasteiger partial charge in [-0.25, -0.2) is 0 Å². The lowest BCUT2D eigenvalue weighted by Crippen LogP contribution is -2.22. The number of hydrogen-bond acceptors (Lipinski definition) is 2. The third-order valence-electron chi connectivity index (χ3n) is 2.59. The Morgan fingerprint density at radius 2 is 2.40 bits per heavy atom. The number of benzene rings is 1. The van der Waals surface area contributed by atoms with Crippen molar-refractivity contribution in [3.63, 3.8) is 0 Å². The maximum Gasteiger partial charge on any atom is 0.229 e. The minimum absolute atomic E-state index is 0.0190. The van der Waals surface area contributed by atoms with Gasteiger partial charge in [0.2, 0.25) is 5.91 Å². The molecule has 3 nitrogen and oxygen atoms in total. The van der Waals surface area contributed by atoms with Crippen LogP contribution in [-0.2, 0) is 9.53 Å². The van der Waals surface area contributed by atoms with Gasteiger partial charge < -0.3 is 10.1 Å². The van der Waals surface area contributed by atoms with E-state index >= 15 is 0 Å². The van der Waals surface area contributed by atoms with E-state index in [1.807, 2.05) is 31.2 Å². The van der Waals surface area contributed by atoms with Gasteiger partial charge in [-0.05, 0) is 31.0 Å². The molecule has 0 aliphatic carbocycles. The van der Waals surface area contributed by atoms with E-state index < -0.39 is 0 Å². The summed E-state index contributed by atoms with van der Waals surface area (Å²) in [4.78, 5) is 11.7. The highest BCUT2D eigenvalue weighted by molar-refractivity contribution is 5.92. The molecule has 1 aliphatic heterocycles. The first-order chi connectivity index (χ1) is 7.25. The van der Waals surface area contributed by atoms with Gasteiger partial charge in [0.15, 0.2) is 0 Å². The van der Waals surface area contributed by atoms with Gasteiger partial charge in [0, 0.05) is 12.3 Å². The molecule has 1 atom stereocenters. The van der Waals surface area contributed by atoms with Crippen molar-refractivity contribution in [3.05, 3.63) is 29.8 Å². The molecule has 15 heavy (non-hydrogen) atoms. The van der Waals surface area contributed by atoms with Crippen LogP contribution in [0.2, 0.25) is 0 Å². The Morgan fingerprint density at radius 1 is 1.53 bits per heavy atom. The van der Waals surface area contributed by atoms with Crippen molar-refractivity contribution in [2.24, 2.45) is 5.92 Å². The monoisotopic (exact) mass is 205 g/mol. The van der Waals surface area contributed by atoms with Crippen molar-refractivity contribution in [2.45, 2.75) is 13.3 Å². The Hall–Kier alpha value is -1.35. The van der Waals surface area contributed by atoms with Gasteiger partial charge in [-0.3, -0.25) is 4.79 Å². The topological polar surface area (TPSA) is 38.3 Å². The van der Waals surface area contributed by atoms with Gasteiger partial charge in [0.05, 0.1) is 12.5 Å². The maximum absolute atomic E-state index is 11.7. The fourth-order valence-corrected chi connectivity index (χ4v) is 1.71. The molecule has 1 saturated heterocycles. The van der Waals surface area contributed by atoms with Gasteiger partial charge in [0.1, 0.15) is 0 Å². The Morgan fingerprint density at radius 3 is 3.07 bits per heavy atom. The Kier molecular flexibility index (Phi) is 3.02. The number of rotatable bonds is 2. The van der Waals surface area contributed by atoms with E-state index in [2.05, 4.69) is 5.32 Å². The third-order valence-corrected chi connectivity index (χ3v) is 2.59. The van der Waals surface area contributed by atoms with E-state index in [-0.39, 0.29) is 11.8 Å². The van der Waals surface area contributed by atoms with Gasteiger partial charge in [0.25, 0.3) is 0 Å². The zero-order valence-electron chi connectivity index (χ0n) is 8.82. The van der Waals surface area contributed by atoms with Crippen LogP contribution in [0.4, 0.5) is 5.69 Å².